The van der Waals surface area contributed by atoms with Crippen molar-refractivity contribution in [2.75, 3.05) is 13.1 Å². The predicted octanol–water partition coefficient (Wildman–Crippen LogP) is 0.977. The molecule has 18 heavy (non-hydrogen) atoms. The molecule has 1 aromatic rings. The van der Waals surface area contributed by atoms with Crippen molar-refractivity contribution >= 4 is 5.91 Å². The quantitative estimate of drug-likeness (QED) is 0.844. The van der Waals surface area contributed by atoms with Crippen LogP contribution in [0.5, 0.6) is 0 Å². The molecule has 2 fully saturated rings. The third kappa shape index (κ3) is 2.53. The number of nitrogens with one attached hydrogen (secondary N) is 1. The van der Waals surface area contributed by atoms with Gasteiger partial charge < -0.3 is 10.2 Å². The summed E-state index contributed by atoms with van der Waals surface area (Å²) in [7, 11) is 0. The first-order valence-electron chi connectivity index (χ1n) is 6.74. The maximum atomic E-state index is 12.3. The number of nitrogens with zero attached hydrogens (tertiary/aromatic N) is 2. The molecule has 0 aromatic carbocycles. The van der Waals surface area contributed by atoms with E-state index in [2.05, 4.69) is 10.3 Å². The molecule has 1 N–H and O–H groups in total. The van der Waals surface area contributed by atoms with Gasteiger partial charge in [0.05, 0.1) is 6.42 Å². The molecule has 2 unspecified atom stereocenters. The summed E-state index contributed by atoms with van der Waals surface area (Å²) < 4.78 is 0. The van der Waals surface area contributed by atoms with Crippen LogP contribution in [0.3, 0.4) is 0 Å². The van der Waals surface area contributed by atoms with Gasteiger partial charge in [0.1, 0.15) is 0 Å². The van der Waals surface area contributed by atoms with E-state index in [1.807, 2.05) is 17.0 Å². The lowest BCUT2D eigenvalue weighted by Gasteiger charge is -2.24. The Morgan fingerprint density at radius 1 is 1.28 bits per heavy atom. The van der Waals surface area contributed by atoms with Crippen molar-refractivity contribution in [1.82, 2.24) is 15.2 Å². The Labute approximate surface area is 107 Å². The Morgan fingerprint density at radius 3 is 2.89 bits per heavy atom. The molecule has 2 bridgehead atoms. The number of hydrogen-bond donors (Lipinski definition) is 1. The lowest BCUT2D eigenvalue weighted by Crippen LogP contribution is -2.39. The van der Waals surface area contributed by atoms with Crippen LogP contribution in [-0.4, -0.2) is 41.0 Å². The van der Waals surface area contributed by atoms with Gasteiger partial charge in [0.25, 0.3) is 0 Å². The molecule has 4 heteroatoms. The molecule has 2 aliphatic rings. The van der Waals surface area contributed by atoms with Gasteiger partial charge >= 0.3 is 0 Å². The minimum Gasteiger partial charge on any atom is -0.341 e. The number of likely N-dealkylation sites (tertiary alicyclic amines) is 1. The van der Waals surface area contributed by atoms with Crippen LogP contribution in [0.15, 0.2) is 24.5 Å². The average molecular weight is 245 g/mol. The number of carbonyl (C=O) groups is 1. The molecule has 3 rings (SSSR count). The van der Waals surface area contributed by atoms with Crippen LogP contribution >= 0.6 is 0 Å². The van der Waals surface area contributed by atoms with Gasteiger partial charge in [0, 0.05) is 37.6 Å². The van der Waals surface area contributed by atoms with E-state index in [0.717, 1.165) is 25.1 Å². The normalized spacial score (nSPS) is 27.0. The fourth-order valence-electron chi connectivity index (χ4n) is 2.96. The van der Waals surface area contributed by atoms with Crippen molar-refractivity contribution in [1.29, 1.82) is 0 Å². The summed E-state index contributed by atoms with van der Waals surface area (Å²) in [5, 5.41) is 3.60. The van der Waals surface area contributed by atoms with E-state index in [0.29, 0.717) is 18.5 Å². The SMILES string of the molecule is O=C(Cc1ccncc1)N1CCC2CCC(C1)N2. The number of carbonyl (C=O) groups excluding carboxylic acids is 1. The number of pyridine rings is 1. The monoisotopic (exact) mass is 245 g/mol. The first kappa shape index (κ1) is 11.7. The van der Waals surface area contributed by atoms with Gasteiger partial charge in [-0.3, -0.25) is 9.78 Å². The second kappa shape index (κ2) is 5.06. The second-order valence-corrected chi connectivity index (χ2v) is 5.30. The van der Waals surface area contributed by atoms with Crippen LogP contribution in [0.2, 0.25) is 0 Å². The zero-order chi connectivity index (χ0) is 12.4. The van der Waals surface area contributed by atoms with Crippen LogP contribution in [0.4, 0.5) is 0 Å². The van der Waals surface area contributed by atoms with Crippen LogP contribution in [0, 0.1) is 0 Å². The van der Waals surface area contributed by atoms with Crippen LogP contribution in [0.1, 0.15) is 24.8 Å². The minimum atomic E-state index is 0.246. The average Bonchev–Trinajstić information content (AvgIpc) is 2.70. The fourth-order valence-corrected chi connectivity index (χ4v) is 2.96. The smallest absolute Gasteiger partial charge is 0.227 e. The number of hydrogen-bond acceptors (Lipinski definition) is 3. The highest BCUT2D eigenvalue weighted by Gasteiger charge is 2.30. The minimum absolute atomic E-state index is 0.246. The topological polar surface area (TPSA) is 45.2 Å². The highest BCUT2D eigenvalue weighted by molar-refractivity contribution is 5.78. The molecular formula is C14H19N3O. The molecule has 0 radical (unpaired) electrons. The van der Waals surface area contributed by atoms with Gasteiger partial charge in [-0.15, -0.1) is 0 Å². The van der Waals surface area contributed by atoms with Crippen molar-refractivity contribution in [3.63, 3.8) is 0 Å². The summed E-state index contributed by atoms with van der Waals surface area (Å²) in [5.74, 6) is 0.246. The molecule has 1 amide bonds. The number of rotatable bonds is 2. The van der Waals surface area contributed by atoms with Crippen molar-refractivity contribution in [2.24, 2.45) is 0 Å². The van der Waals surface area contributed by atoms with E-state index in [1.165, 1.54) is 12.8 Å². The van der Waals surface area contributed by atoms with Gasteiger partial charge in [-0.25, -0.2) is 0 Å². The largest absolute Gasteiger partial charge is 0.341 e. The van der Waals surface area contributed by atoms with Crippen molar-refractivity contribution in [3.8, 4) is 0 Å². The Morgan fingerprint density at radius 2 is 2.06 bits per heavy atom. The van der Waals surface area contributed by atoms with E-state index in [1.54, 1.807) is 12.4 Å². The summed E-state index contributed by atoms with van der Waals surface area (Å²) in [6.45, 7) is 1.78. The first-order valence-corrected chi connectivity index (χ1v) is 6.74. The number of amides is 1. The second-order valence-electron chi connectivity index (χ2n) is 5.30. The summed E-state index contributed by atoms with van der Waals surface area (Å²) >= 11 is 0. The van der Waals surface area contributed by atoms with E-state index in [4.69, 9.17) is 0 Å². The first-order chi connectivity index (χ1) is 8.81. The Hall–Kier alpha value is -1.42. The zero-order valence-corrected chi connectivity index (χ0v) is 10.5. The Balaban J connectivity index is 1.62. The number of aromatic nitrogens is 1. The molecule has 0 spiro atoms. The number of fused-ring (bicyclic) bond motifs is 2. The van der Waals surface area contributed by atoms with Gasteiger partial charge in [-0.2, -0.15) is 0 Å². The molecule has 0 aliphatic carbocycles. The third-order valence-electron chi connectivity index (χ3n) is 3.98. The van der Waals surface area contributed by atoms with Gasteiger partial charge in [0.15, 0.2) is 0 Å². The zero-order valence-electron chi connectivity index (χ0n) is 10.5. The van der Waals surface area contributed by atoms with Crippen molar-refractivity contribution in [2.45, 2.75) is 37.8 Å². The summed E-state index contributed by atoms with van der Waals surface area (Å²) in [6.07, 6.45) is 7.57. The highest BCUT2D eigenvalue weighted by atomic mass is 16.2. The standard InChI is InChI=1S/C14H19N3O/c18-14(9-11-3-6-15-7-4-11)17-8-5-12-1-2-13(10-17)16-12/h3-4,6-7,12-13,16H,1-2,5,8-10H2. The lowest BCUT2D eigenvalue weighted by atomic mass is 10.1. The Bertz CT molecular complexity index is 420. The van der Waals surface area contributed by atoms with Crippen LogP contribution in [-0.2, 0) is 11.2 Å². The summed E-state index contributed by atoms with van der Waals surface area (Å²) in [4.78, 5) is 18.3. The highest BCUT2D eigenvalue weighted by Crippen LogP contribution is 2.20. The molecule has 3 heterocycles. The van der Waals surface area contributed by atoms with Crippen LogP contribution in [0.25, 0.3) is 0 Å². The third-order valence-corrected chi connectivity index (χ3v) is 3.98. The van der Waals surface area contributed by atoms with Crippen LogP contribution < -0.4 is 5.32 Å². The molecule has 2 atom stereocenters. The molecule has 96 valence electrons. The maximum Gasteiger partial charge on any atom is 0.227 e. The fraction of sp³-hybridized carbons (Fsp3) is 0.571. The predicted molar refractivity (Wildman–Crippen MR) is 69.1 cm³/mol. The summed E-state index contributed by atoms with van der Waals surface area (Å²) in [5.41, 5.74) is 1.05. The molecule has 2 aliphatic heterocycles. The molecular weight excluding hydrogens is 226 g/mol. The summed E-state index contributed by atoms with van der Waals surface area (Å²) in [6, 6.07) is 4.98. The lowest BCUT2D eigenvalue weighted by molar-refractivity contribution is -0.130. The Kier molecular flexibility index (Phi) is 3.28. The maximum absolute atomic E-state index is 12.3. The van der Waals surface area contributed by atoms with Crippen molar-refractivity contribution in [3.05, 3.63) is 30.1 Å². The van der Waals surface area contributed by atoms with Gasteiger partial charge in [-0.1, -0.05) is 0 Å². The van der Waals surface area contributed by atoms with Crippen molar-refractivity contribution < 1.29 is 4.79 Å². The molecule has 4 nitrogen and oxygen atoms in total. The van der Waals surface area contributed by atoms with E-state index in [9.17, 15) is 4.79 Å². The molecule has 1 aromatic heterocycles. The van der Waals surface area contributed by atoms with Gasteiger partial charge in [-0.05, 0) is 37.0 Å². The molecule has 0 saturated carbocycles. The van der Waals surface area contributed by atoms with E-state index in [-0.39, 0.29) is 5.91 Å². The molecule has 2 saturated heterocycles. The van der Waals surface area contributed by atoms with Gasteiger partial charge in [0.2, 0.25) is 5.91 Å². The van der Waals surface area contributed by atoms with E-state index >= 15 is 0 Å². The van der Waals surface area contributed by atoms with E-state index < -0.39 is 0 Å².